The number of nitriles is 1. The molecule has 1 aliphatic heterocycles. The van der Waals surface area contributed by atoms with Gasteiger partial charge in [0.15, 0.2) is 0 Å². The number of nitrogens with one attached hydrogen (secondary N) is 2. The van der Waals surface area contributed by atoms with E-state index in [2.05, 4.69) is 21.8 Å². The molecule has 0 spiro atoms. The third-order valence-electron chi connectivity index (χ3n) is 4.43. The molecule has 1 heterocycles. The predicted molar refractivity (Wildman–Crippen MR) is 100 cm³/mol. The molecule has 0 aliphatic carbocycles. The summed E-state index contributed by atoms with van der Waals surface area (Å²) < 4.78 is 19.9. The largest absolute Gasteiger partial charge is 0.490 e. The van der Waals surface area contributed by atoms with Gasteiger partial charge in [0.1, 0.15) is 17.7 Å². The van der Waals surface area contributed by atoms with E-state index in [0.717, 1.165) is 38.0 Å². The third-order valence-corrected chi connectivity index (χ3v) is 4.43. The highest BCUT2D eigenvalue weighted by atomic mass is 19.1. The molecule has 1 aliphatic rings. The SMILES string of the molecule is CNNC(CC#N)CN1CCC(Oc2cc(F)cc(CN(C)C)c2)CC1. The summed E-state index contributed by atoms with van der Waals surface area (Å²) in [4.78, 5) is 4.35. The topological polar surface area (TPSA) is 63.6 Å². The van der Waals surface area contributed by atoms with E-state index in [-0.39, 0.29) is 18.0 Å². The number of nitrogens with zero attached hydrogens (tertiary/aromatic N) is 3. The van der Waals surface area contributed by atoms with Crippen LogP contribution in [0.25, 0.3) is 0 Å². The van der Waals surface area contributed by atoms with Crippen molar-refractivity contribution in [2.45, 2.75) is 38.0 Å². The van der Waals surface area contributed by atoms with Crippen molar-refractivity contribution in [3.05, 3.63) is 29.6 Å². The van der Waals surface area contributed by atoms with Gasteiger partial charge in [0.25, 0.3) is 0 Å². The molecular weight excluding hydrogens is 333 g/mol. The molecule has 1 atom stereocenters. The van der Waals surface area contributed by atoms with Gasteiger partial charge in [-0.2, -0.15) is 5.26 Å². The zero-order valence-electron chi connectivity index (χ0n) is 16.0. The molecule has 1 saturated heterocycles. The maximum absolute atomic E-state index is 13.8. The van der Waals surface area contributed by atoms with E-state index in [1.54, 1.807) is 6.07 Å². The molecule has 0 radical (unpaired) electrons. The van der Waals surface area contributed by atoms with Crippen molar-refractivity contribution in [2.75, 3.05) is 40.8 Å². The van der Waals surface area contributed by atoms with E-state index in [9.17, 15) is 4.39 Å². The van der Waals surface area contributed by atoms with E-state index in [4.69, 9.17) is 10.00 Å². The van der Waals surface area contributed by atoms with Gasteiger partial charge >= 0.3 is 0 Å². The number of halogens is 1. The van der Waals surface area contributed by atoms with Crippen LogP contribution in [0.3, 0.4) is 0 Å². The first kappa shape index (κ1) is 20.6. The Hall–Kier alpha value is -1.72. The van der Waals surface area contributed by atoms with Gasteiger partial charge < -0.3 is 14.5 Å². The van der Waals surface area contributed by atoms with Crippen molar-refractivity contribution >= 4 is 0 Å². The van der Waals surface area contributed by atoms with Gasteiger partial charge in [-0.1, -0.05) is 0 Å². The van der Waals surface area contributed by atoms with Crippen LogP contribution in [-0.4, -0.2) is 62.7 Å². The lowest BCUT2D eigenvalue weighted by atomic mass is 10.1. The Morgan fingerprint density at radius 2 is 2.08 bits per heavy atom. The molecule has 0 aromatic heterocycles. The van der Waals surface area contributed by atoms with Crippen LogP contribution in [-0.2, 0) is 6.54 Å². The minimum Gasteiger partial charge on any atom is -0.490 e. The number of likely N-dealkylation sites (tertiary alicyclic amines) is 1. The zero-order chi connectivity index (χ0) is 18.9. The summed E-state index contributed by atoms with van der Waals surface area (Å²) in [7, 11) is 5.74. The molecule has 0 saturated carbocycles. The molecule has 6 nitrogen and oxygen atoms in total. The van der Waals surface area contributed by atoms with Gasteiger partial charge in [0, 0.05) is 38.3 Å². The highest BCUT2D eigenvalue weighted by Gasteiger charge is 2.23. The van der Waals surface area contributed by atoms with Crippen molar-refractivity contribution in [1.29, 1.82) is 5.26 Å². The maximum atomic E-state index is 13.8. The van der Waals surface area contributed by atoms with Gasteiger partial charge in [-0.25, -0.2) is 4.39 Å². The van der Waals surface area contributed by atoms with E-state index in [1.165, 1.54) is 6.07 Å². The lowest BCUT2D eigenvalue weighted by molar-refractivity contribution is 0.0936. The van der Waals surface area contributed by atoms with Crippen LogP contribution in [0, 0.1) is 17.1 Å². The normalized spacial score (nSPS) is 17.2. The van der Waals surface area contributed by atoms with Crippen LogP contribution in [0.1, 0.15) is 24.8 Å². The number of hydrogen-bond acceptors (Lipinski definition) is 6. The first-order chi connectivity index (χ1) is 12.5. The van der Waals surface area contributed by atoms with Crippen LogP contribution in [0.5, 0.6) is 5.75 Å². The minimum atomic E-state index is -0.255. The monoisotopic (exact) mass is 363 g/mol. The first-order valence-electron chi connectivity index (χ1n) is 9.12. The Morgan fingerprint density at radius 1 is 1.35 bits per heavy atom. The highest BCUT2D eigenvalue weighted by molar-refractivity contribution is 5.29. The van der Waals surface area contributed by atoms with Gasteiger partial charge in [0.2, 0.25) is 0 Å². The summed E-state index contributed by atoms with van der Waals surface area (Å²) in [5.74, 6) is 0.355. The van der Waals surface area contributed by atoms with Gasteiger partial charge in [-0.15, -0.1) is 0 Å². The molecular formula is C19H30FN5O. The summed E-state index contributed by atoms with van der Waals surface area (Å²) in [6, 6.07) is 7.27. The minimum absolute atomic E-state index is 0.104. The summed E-state index contributed by atoms with van der Waals surface area (Å²) >= 11 is 0. The van der Waals surface area contributed by atoms with Crippen molar-refractivity contribution in [1.82, 2.24) is 20.7 Å². The maximum Gasteiger partial charge on any atom is 0.127 e. The van der Waals surface area contributed by atoms with Crippen LogP contribution >= 0.6 is 0 Å². The molecule has 1 unspecified atom stereocenters. The average molecular weight is 363 g/mol. The molecule has 1 aromatic carbocycles. The van der Waals surface area contributed by atoms with Crippen molar-refractivity contribution in [3.8, 4) is 11.8 Å². The molecule has 1 fully saturated rings. The van der Waals surface area contributed by atoms with E-state index >= 15 is 0 Å². The van der Waals surface area contributed by atoms with Crippen LogP contribution < -0.4 is 15.6 Å². The highest BCUT2D eigenvalue weighted by Crippen LogP contribution is 2.22. The van der Waals surface area contributed by atoms with Crippen LogP contribution in [0.15, 0.2) is 18.2 Å². The molecule has 0 amide bonds. The average Bonchev–Trinajstić information content (AvgIpc) is 2.56. The van der Waals surface area contributed by atoms with Gasteiger partial charge in [-0.05, 0) is 51.7 Å². The van der Waals surface area contributed by atoms with Gasteiger partial charge in [0.05, 0.1) is 12.5 Å². The predicted octanol–water partition coefficient (Wildman–Crippen LogP) is 1.74. The van der Waals surface area contributed by atoms with Crippen molar-refractivity contribution in [2.24, 2.45) is 0 Å². The van der Waals surface area contributed by atoms with E-state index in [0.29, 0.717) is 18.7 Å². The fourth-order valence-corrected chi connectivity index (χ4v) is 3.33. The Bertz CT molecular complexity index is 596. The molecule has 7 heteroatoms. The molecule has 2 N–H and O–H groups in total. The smallest absolute Gasteiger partial charge is 0.127 e. The van der Waals surface area contributed by atoms with Gasteiger partial charge in [-0.3, -0.25) is 10.9 Å². The standard InChI is InChI=1S/C19H30FN5O/c1-22-23-17(4-7-21)14-25-8-5-18(6-9-25)26-19-11-15(13-24(2)3)10-16(20)12-19/h10-12,17-18,22-23H,4-6,8-9,13-14H2,1-3H3. The Labute approximate surface area is 155 Å². The third kappa shape index (κ3) is 6.89. The van der Waals surface area contributed by atoms with Crippen LogP contribution in [0.4, 0.5) is 4.39 Å². The fraction of sp³-hybridized carbons (Fsp3) is 0.632. The molecule has 0 bridgehead atoms. The zero-order valence-corrected chi connectivity index (χ0v) is 16.0. The van der Waals surface area contributed by atoms with E-state index < -0.39 is 0 Å². The fourth-order valence-electron chi connectivity index (χ4n) is 3.33. The van der Waals surface area contributed by atoms with Crippen molar-refractivity contribution < 1.29 is 9.13 Å². The number of hydrazine groups is 1. The Kier molecular flexibility index (Phi) is 8.26. The van der Waals surface area contributed by atoms with Crippen molar-refractivity contribution in [3.63, 3.8) is 0 Å². The number of ether oxygens (including phenoxy) is 1. The summed E-state index contributed by atoms with van der Waals surface area (Å²) in [6.45, 7) is 3.34. The molecule has 2 rings (SSSR count). The second-order valence-corrected chi connectivity index (χ2v) is 7.10. The summed E-state index contributed by atoms with van der Waals surface area (Å²) in [5, 5.41) is 8.91. The molecule has 1 aromatic rings. The first-order valence-corrected chi connectivity index (χ1v) is 9.12. The second kappa shape index (κ2) is 10.4. The number of piperidine rings is 1. The summed E-state index contributed by atoms with van der Waals surface area (Å²) in [5.41, 5.74) is 6.95. The number of rotatable bonds is 9. The summed E-state index contributed by atoms with van der Waals surface area (Å²) in [6.07, 6.45) is 2.37. The quantitative estimate of drug-likeness (QED) is 0.652. The van der Waals surface area contributed by atoms with E-state index in [1.807, 2.05) is 32.1 Å². The number of hydrogen-bond donors (Lipinski definition) is 2. The molecule has 144 valence electrons. The Balaban J connectivity index is 1.85. The number of benzene rings is 1. The lowest BCUT2D eigenvalue weighted by Gasteiger charge is -2.34. The lowest BCUT2D eigenvalue weighted by Crippen LogP contribution is -2.48. The van der Waals surface area contributed by atoms with Crippen LogP contribution in [0.2, 0.25) is 0 Å². The second-order valence-electron chi connectivity index (χ2n) is 7.10. The Morgan fingerprint density at radius 3 is 2.69 bits per heavy atom. The molecule has 26 heavy (non-hydrogen) atoms.